The number of aromatic nitrogens is 1. The van der Waals surface area contributed by atoms with Gasteiger partial charge < -0.3 is 4.74 Å². The number of pyridine rings is 1. The van der Waals surface area contributed by atoms with Crippen molar-refractivity contribution in [2.24, 2.45) is 0 Å². The minimum atomic E-state index is -0.00848. The number of H-pyrrole nitrogens is 1. The molecule has 4 rings (SSSR count). The van der Waals surface area contributed by atoms with Crippen LogP contribution >= 0.6 is 11.8 Å². The maximum absolute atomic E-state index is 12.4. The van der Waals surface area contributed by atoms with Gasteiger partial charge in [0.25, 0.3) is 0 Å². The number of hydrogen-bond donors (Lipinski definition) is 0. The van der Waals surface area contributed by atoms with Crippen molar-refractivity contribution in [2.45, 2.75) is 5.37 Å². The van der Waals surface area contributed by atoms with Crippen molar-refractivity contribution in [3.63, 3.8) is 0 Å². The number of amides is 1. The van der Waals surface area contributed by atoms with Gasteiger partial charge in [-0.25, -0.2) is 4.98 Å². The van der Waals surface area contributed by atoms with Crippen LogP contribution in [0.2, 0.25) is 0 Å². The molecule has 1 amide bonds. The molecule has 0 bridgehead atoms. The smallest absolute Gasteiger partial charge is 0.238 e. The van der Waals surface area contributed by atoms with Gasteiger partial charge in [0.2, 0.25) is 5.91 Å². The molecule has 1 aromatic heterocycles. The van der Waals surface area contributed by atoms with Crippen molar-refractivity contribution in [2.75, 3.05) is 10.7 Å². The minimum Gasteiger partial charge on any atom is -0.457 e. The number of anilines is 1. The second-order valence-electron chi connectivity index (χ2n) is 5.67. The first-order valence-corrected chi connectivity index (χ1v) is 9.09. The highest BCUT2D eigenvalue weighted by Crippen LogP contribution is 2.41. The molecular formula is C20H17N2O2S+. The Balaban J connectivity index is 1.57. The number of para-hydroxylation sites is 1. The summed E-state index contributed by atoms with van der Waals surface area (Å²) in [5.41, 5.74) is 1.97. The van der Waals surface area contributed by atoms with Crippen molar-refractivity contribution < 1.29 is 14.5 Å². The van der Waals surface area contributed by atoms with Gasteiger partial charge in [-0.05, 0) is 42.5 Å². The van der Waals surface area contributed by atoms with Crippen molar-refractivity contribution in [3.8, 4) is 11.5 Å². The Morgan fingerprint density at radius 2 is 1.72 bits per heavy atom. The Kier molecular flexibility index (Phi) is 4.39. The fourth-order valence-corrected chi connectivity index (χ4v) is 3.98. The molecule has 1 N–H and O–H groups in total. The van der Waals surface area contributed by atoms with Gasteiger partial charge in [0.15, 0.2) is 12.4 Å². The van der Waals surface area contributed by atoms with Crippen LogP contribution in [0.4, 0.5) is 5.69 Å². The summed E-state index contributed by atoms with van der Waals surface area (Å²) >= 11 is 1.64. The number of benzene rings is 2. The van der Waals surface area contributed by atoms with Gasteiger partial charge in [0, 0.05) is 17.3 Å². The normalized spacial score (nSPS) is 16.9. The summed E-state index contributed by atoms with van der Waals surface area (Å²) in [6.07, 6.45) is 3.81. The number of carbonyl (C=O) groups excluding carboxylic acids is 1. The van der Waals surface area contributed by atoms with E-state index in [2.05, 4.69) is 4.98 Å². The second-order valence-corrected chi connectivity index (χ2v) is 6.74. The first-order chi connectivity index (χ1) is 12.3. The molecular weight excluding hydrogens is 332 g/mol. The number of nitrogens with one attached hydrogen (secondary N) is 1. The van der Waals surface area contributed by atoms with Crippen molar-refractivity contribution >= 4 is 23.4 Å². The third-order valence-electron chi connectivity index (χ3n) is 3.98. The summed E-state index contributed by atoms with van der Waals surface area (Å²) in [6, 6.07) is 21.3. The van der Waals surface area contributed by atoms with Crippen LogP contribution in [0, 0.1) is 0 Å². The quantitative estimate of drug-likeness (QED) is 0.713. The van der Waals surface area contributed by atoms with E-state index < -0.39 is 0 Å². The van der Waals surface area contributed by atoms with Crippen LogP contribution in [0.15, 0.2) is 79.1 Å². The number of ether oxygens (including phenoxy) is 1. The van der Waals surface area contributed by atoms with Crippen LogP contribution in [0.5, 0.6) is 11.5 Å². The summed E-state index contributed by atoms with van der Waals surface area (Å²) in [5.74, 6) is 2.15. The summed E-state index contributed by atoms with van der Waals surface area (Å²) in [4.78, 5) is 17.3. The Morgan fingerprint density at radius 1 is 0.960 bits per heavy atom. The lowest BCUT2D eigenvalue weighted by Crippen LogP contribution is -2.28. The Bertz CT molecular complexity index is 854. The minimum absolute atomic E-state index is 0.00848. The standard InChI is InChI=1S/C20H16N2O2S/c23-19-14-25-20(15-5-4-12-21-13-15)22(19)16-8-10-18(11-9-16)24-17-6-2-1-3-7-17/h1-13,20H,14H2/p+1. The van der Waals surface area contributed by atoms with E-state index in [9.17, 15) is 4.79 Å². The molecule has 2 aromatic carbocycles. The topological polar surface area (TPSA) is 43.7 Å². The molecule has 1 fully saturated rings. The number of hydrogen-bond acceptors (Lipinski definition) is 3. The molecule has 5 heteroatoms. The molecule has 1 unspecified atom stereocenters. The zero-order valence-electron chi connectivity index (χ0n) is 13.5. The average molecular weight is 349 g/mol. The summed E-state index contributed by atoms with van der Waals surface area (Å²) in [6.45, 7) is 0. The first-order valence-electron chi connectivity index (χ1n) is 8.04. The Morgan fingerprint density at radius 3 is 2.44 bits per heavy atom. The van der Waals surface area contributed by atoms with Crippen LogP contribution in [0.3, 0.4) is 0 Å². The molecule has 0 aliphatic carbocycles. The van der Waals surface area contributed by atoms with Gasteiger partial charge >= 0.3 is 0 Å². The number of thioether (sulfide) groups is 1. The molecule has 25 heavy (non-hydrogen) atoms. The van der Waals surface area contributed by atoms with E-state index in [1.807, 2.05) is 84.0 Å². The van der Waals surface area contributed by atoms with Gasteiger partial charge in [0.05, 0.1) is 5.75 Å². The van der Waals surface area contributed by atoms with E-state index in [1.54, 1.807) is 11.8 Å². The fraction of sp³-hybridized carbons (Fsp3) is 0.100. The molecule has 1 atom stereocenters. The summed E-state index contributed by atoms with van der Waals surface area (Å²) < 4.78 is 5.82. The highest BCUT2D eigenvalue weighted by molar-refractivity contribution is 8.00. The van der Waals surface area contributed by atoms with Gasteiger partial charge in [0.1, 0.15) is 16.9 Å². The van der Waals surface area contributed by atoms with Crippen LogP contribution in [0.1, 0.15) is 10.9 Å². The van der Waals surface area contributed by atoms with Gasteiger partial charge in [-0.15, -0.1) is 11.8 Å². The van der Waals surface area contributed by atoms with E-state index >= 15 is 0 Å². The van der Waals surface area contributed by atoms with Crippen LogP contribution < -0.4 is 14.6 Å². The second kappa shape index (κ2) is 6.99. The monoisotopic (exact) mass is 349 g/mol. The predicted molar refractivity (Wildman–Crippen MR) is 98.6 cm³/mol. The van der Waals surface area contributed by atoms with Gasteiger partial charge in [-0.2, -0.15) is 0 Å². The van der Waals surface area contributed by atoms with E-state index in [-0.39, 0.29) is 11.3 Å². The Hall–Kier alpha value is -2.79. The third kappa shape index (κ3) is 3.37. The van der Waals surface area contributed by atoms with Crippen molar-refractivity contribution in [1.29, 1.82) is 0 Å². The molecule has 4 nitrogen and oxygen atoms in total. The van der Waals surface area contributed by atoms with Crippen molar-refractivity contribution in [1.82, 2.24) is 0 Å². The lowest BCUT2D eigenvalue weighted by atomic mass is 10.2. The molecule has 0 saturated carbocycles. The maximum atomic E-state index is 12.4. The molecule has 3 aromatic rings. The SMILES string of the molecule is O=C1CSC(c2ccc[nH+]c2)N1c1ccc(Oc2ccccc2)cc1. The van der Waals surface area contributed by atoms with Crippen molar-refractivity contribution in [3.05, 3.63) is 84.7 Å². The van der Waals surface area contributed by atoms with Crippen LogP contribution in [-0.2, 0) is 4.79 Å². The molecule has 0 radical (unpaired) electrons. The number of aromatic amines is 1. The van der Waals surface area contributed by atoms with Crippen LogP contribution in [0.25, 0.3) is 0 Å². The van der Waals surface area contributed by atoms with E-state index in [0.29, 0.717) is 5.75 Å². The molecule has 124 valence electrons. The lowest BCUT2D eigenvalue weighted by molar-refractivity contribution is -0.378. The van der Waals surface area contributed by atoms with Crippen LogP contribution in [-0.4, -0.2) is 11.7 Å². The number of carbonyl (C=O) groups is 1. The van der Waals surface area contributed by atoms with E-state index in [0.717, 1.165) is 22.7 Å². The molecule has 2 heterocycles. The highest BCUT2D eigenvalue weighted by Gasteiger charge is 2.34. The molecule has 1 saturated heterocycles. The number of rotatable bonds is 4. The fourth-order valence-electron chi connectivity index (χ4n) is 2.81. The lowest BCUT2D eigenvalue weighted by Gasteiger charge is -2.23. The highest BCUT2D eigenvalue weighted by atomic mass is 32.2. The third-order valence-corrected chi connectivity index (χ3v) is 5.19. The zero-order valence-corrected chi connectivity index (χ0v) is 14.3. The average Bonchev–Trinajstić information content (AvgIpc) is 3.05. The number of nitrogens with zero attached hydrogens (tertiary/aromatic N) is 1. The molecule has 0 spiro atoms. The molecule has 1 aliphatic rings. The Labute approximate surface area is 150 Å². The summed E-state index contributed by atoms with van der Waals surface area (Å²) in [7, 11) is 0. The predicted octanol–water partition coefficient (Wildman–Crippen LogP) is 4.07. The summed E-state index contributed by atoms with van der Waals surface area (Å²) in [5, 5.41) is -0.00848. The van der Waals surface area contributed by atoms with E-state index in [1.165, 1.54) is 0 Å². The maximum Gasteiger partial charge on any atom is 0.238 e. The van der Waals surface area contributed by atoms with Gasteiger partial charge in [-0.3, -0.25) is 9.69 Å². The largest absolute Gasteiger partial charge is 0.457 e. The molecule has 1 aliphatic heterocycles. The van der Waals surface area contributed by atoms with Gasteiger partial charge in [-0.1, -0.05) is 18.2 Å². The first kappa shape index (κ1) is 15.7. The van der Waals surface area contributed by atoms with E-state index in [4.69, 9.17) is 4.74 Å². The zero-order chi connectivity index (χ0) is 17.1.